The maximum absolute atomic E-state index is 13.8. The first-order valence-electron chi connectivity index (χ1n) is 11.5. The number of amides is 1. The molecule has 0 spiro atoms. The summed E-state index contributed by atoms with van der Waals surface area (Å²) in [5.41, 5.74) is 6.09. The van der Waals surface area contributed by atoms with Crippen LogP contribution in [-0.2, 0) is 9.59 Å². The second-order valence-corrected chi connectivity index (χ2v) is 9.98. The van der Waals surface area contributed by atoms with Crippen LogP contribution in [0.5, 0.6) is 0 Å². The van der Waals surface area contributed by atoms with E-state index >= 15 is 0 Å². The second-order valence-electron chi connectivity index (χ2n) is 9.16. The summed E-state index contributed by atoms with van der Waals surface area (Å²) in [6, 6.07) is 21.4. The predicted molar refractivity (Wildman–Crippen MR) is 138 cm³/mol. The number of anilines is 1. The van der Waals surface area contributed by atoms with E-state index in [-0.39, 0.29) is 24.0 Å². The third-order valence-electron chi connectivity index (χ3n) is 7.01. The summed E-state index contributed by atoms with van der Waals surface area (Å²) in [5.74, 6) is -0.431. The molecule has 1 aliphatic carbocycles. The number of carbonyl (C=O) groups is 2. The molecule has 172 valence electrons. The van der Waals surface area contributed by atoms with Crippen molar-refractivity contribution in [1.29, 1.82) is 0 Å². The summed E-state index contributed by atoms with van der Waals surface area (Å²) < 4.78 is 0. The first kappa shape index (κ1) is 22.9. The molecule has 0 aromatic heterocycles. The molecule has 1 aliphatic heterocycles. The minimum absolute atomic E-state index is 0.00698. The first-order chi connectivity index (χ1) is 16.4. The molecule has 1 heterocycles. The molecule has 1 amide bonds. The zero-order valence-corrected chi connectivity index (χ0v) is 20.7. The lowest BCUT2D eigenvalue weighted by atomic mass is 9.72. The van der Waals surface area contributed by atoms with Crippen molar-refractivity contribution in [3.05, 3.63) is 110 Å². The van der Waals surface area contributed by atoms with E-state index in [0.717, 1.165) is 28.1 Å². The summed E-state index contributed by atoms with van der Waals surface area (Å²) in [5, 5.41) is 0.964. The van der Waals surface area contributed by atoms with Crippen molar-refractivity contribution in [3.63, 3.8) is 0 Å². The third-order valence-corrected chi connectivity index (χ3v) is 7.67. The number of allylic oxidation sites excluding steroid dienone is 2. The smallest absolute Gasteiger partial charge is 0.232 e. The van der Waals surface area contributed by atoms with Crippen LogP contribution in [0.25, 0.3) is 0 Å². The van der Waals surface area contributed by atoms with Crippen molar-refractivity contribution < 1.29 is 9.59 Å². The highest BCUT2D eigenvalue weighted by atomic mass is 35.5. The number of halogens is 2. The molecule has 0 radical (unpaired) electrons. The van der Waals surface area contributed by atoms with Crippen molar-refractivity contribution in [1.82, 2.24) is 0 Å². The molecule has 0 saturated carbocycles. The fourth-order valence-corrected chi connectivity index (χ4v) is 6.17. The highest BCUT2D eigenvalue weighted by Crippen LogP contribution is 2.50. The Bertz CT molecular complexity index is 1290. The van der Waals surface area contributed by atoms with Crippen LogP contribution in [0.2, 0.25) is 10.0 Å². The van der Waals surface area contributed by atoms with Crippen LogP contribution in [0.1, 0.15) is 53.4 Å². The Morgan fingerprint density at radius 1 is 0.765 bits per heavy atom. The van der Waals surface area contributed by atoms with Crippen molar-refractivity contribution in [2.45, 2.75) is 44.9 Å². The van der Waals surface area contributed by atoms with Gasteiger partial charge in [0.25, 0.3) is 0 Å². The SMILES string of the molecule is Cc1cccc(C)c1N1C(=O)CC(c2c(Cl)cccc2Cl)C2=C1CC(c1ccccc1)CC2=O. The minimum Gasteiger partial charge on any atom is -0.294 e. The Morgan fingerprint density at radius 2 is 1.38 bits per heavy atom. The van der Waals surface area contributed by atoms with Gasteiger partial charge in [0.1, 0.15) is 0 Å². The lowest BCUT2D eigenvalue weighted by Gasteiger charge is -2.41. The summed E-state index contributed by atoms with van der Waals surface area (Å²) >= 11 is 13.1. The van der Waals surface area contributed by atoms with Crippen LogP contribution >= 0.6 is 23.2 Å². The monoisotopic (exact) mass is 489 g/mol. The predicted octanol–water partition coefficient (Wildman–Crippen LogP) is 7.53. The molecule has 3 aromatic carbocycles. The lowest BCUT2D eigenvalue weighted by molar-refractivity contribution is -0.120. The van der Waals surface area contributed by atoms with Gasteiger partial charge < -0.3 is 0 Å². The largest absolute Gasteiger partial charge is 0.294 e. The Morgan fingerprint density at radius 3 is 2.03 bits per heavy atom. The highest BCUT2D eigenvalue weighted by molar-refractivity contribution is 6.36. The maximum Gasteiger partial charge on any atom is 0.232 e. The average Bonchev–Trinajstić information content (AvgIpc) is 2.80. The van der Waals surface area contributed by atoms with E-state index < -0.39 is 5.92 Å². The molecular weight excluding hydrogens is 465 g/mol. The molecule has 0 bridgehead atoms. The van der Waals surface area contributed by atoms with Gasteiger partial charge in [0.2, 0.25) is 5.91 Å². The molecule has 2 aliphatic rings. The van der Waals surface area contributed by atoms with E-state index in [1.807, 2.05) is 50.2 Å². The first-order valence-corrected chi connectivity index (χ1v) is 12.3. The maximum atomic E-state index is 13.8. The molecule has 5 heteroatoms. The molecule has 0 saturated heterocycles. The topological polar surface area (TPSA) is 37.4 Å². The molecule has 34 heavy (non-hydrogen) atoms. The Kier molecular flexibility index (Phi) is 6.09. The van der Waals surface area contributed by atoms with E-state index in [4.69, 9.17) is 23.2 Å². The second kappa shape index (κ2) is 9.05. The zero-order valence-electron chi connectivity index (χ0n) is 19.1. The lowest BCUT2D eigenvalue weighted by Crippen LogP contribution is -2.42. The summed E-state index contributed by atoms with van der Waals surface area (Å²) in [4.78, 5) is 29.4. The van der Waals surface area contributed by atoms with E-state index in [9.17, 15) is 9.59 Å². The van der Waals surface area contributed by atoms with Gasteiger partial charge in [0.05, 0.1) is 5.69 Å². The molecular formula is C29H25Cl2NO2. The van der Waals surface area contributed by atoms with Gasteiger partial charge in [-0.1, -0.05) is 77.8 Å². The van der Waals surface area contributed by atoms with Crippen molar-refractivity contribution in [3.8, 4) is 0 Å². The third kappa shape index (κ3) is 3.87. The van der Waals surface area contributed by atoms with Gasteiger partial charge >= 0.3 is 0 Å². The quantitative estimate of drug-likeness (QED) is 0.381. The van der Waals surface area contributed by atoms with Crippen LogP contribution in [0.3, 0.4) is 0 Å². The summed E-state index contributed by atoms with van der Waals surface area (Å²) in [6.07, 6.45) is 1.15. The number of nitrogens with zero attached hydrogens (tertiary/aromatic N) is 1. The van der Waals surface area contributed by atoms with Crippen LogP contribution < -0.4 is 4.90 Å². The number of benzene rings is 3. The number of ketones is 1. The molecule has 0 N–H and O–H groups in total. The zero-order chi connectivity index (χ0) is 24.0. The Labute approximate surface area is 210 Å². The number of rotatable bonds is 3. The number of aryl methyl sites for hydroxylation is 2. The van der Waals surface area contributed by atoms with Crippen LogP contribution in [-0.4, -0.2) is 11.7 Å². The average molecular weight is 490 g/mol. The normalized spacial score (nSPS) is 20.5. The Balaban J connectivity index is 1.73. The summed E-state index contributed by atoms with van der Waals surface area (Å²) in [6.45, 7) is 4.01. The van der Waals surface area contributed by atoms with E-state index in [2.05, 4.69) is 12.1 Å². The molecule has 3 aromatic rings. The van der Waals surface area contributed by atoms with Gasteiger partial charge in [-0.25, -0.2) is 0 Å². The van der Waals surface area contributed by atoms with Crippen molar-refractivity contribution >= 4 is 40.6 Å². The van der Waals surface area contributed by atoms with Gasteiger partial charge in [-0.05, 0) is 60.6 Å². The van der Waals surface area contributed by atoms with Crippen molar-refractivity contribution in [2.75, 3.05) is 4.90 Å². The molecule has 5 rings (SSSR count). The summed E-state index contributed by atoms with van der Waals surface area (Å²) in [7, 11) is 0. The van der Waals surface area contributed by atoms with E-state index in [0.29, 0.717) is 34.0 Å². The van der Waals surface area contributed by atoms with Gasteiger partial charge in [0, 0.05) is 40.1 Å². The number of hydrogen-bond acceptors (Lipinski definition) is 2. The van der Waals surface area contributed by atoms with Gasteiger partial charge in [-0.15, -0.1) is 0 Å². The van der Waals surface area contributed by atoms with Crippen LogP contribution in [0, 0.1) is 13.8 Å². The number of para-hydroxylation sites is 1. The molecule has 0 fully saturated rings. The molecule has 2 unspecified atom stereocenters. The molecule has 2 atom stereocenters. The van der Waals surface area contributed by atoms with Crippen molar-refractivity contribution in [2.24, 2.45) is 0 Å². The van der Waals surface area contributed by atoms with Gasteiger partial charge in [0.15, 0.2) is 5.78 Å². The standard InChI is InChI=1S/C29H25Cl2NO2/c1-17-8-6-9-18(2)29(17)32-24-14-20(19-10-4-3-5-11-19)15-25(33)28(24)21(16-26(32)34)27-22(30)12-7-13-23(27)31/h3-13,20-21H,14-16H2,1-2H3. The van der Waals surface area contributed by atoms with Gasteiger partial charge in [-0.2, -0.15) is 0 Å². The van der Waals surface area contributed by atoms with Crippen LogP contribution in [0.15, 0.2) is 78.0 Å². The number of hydrogen-bond donors (Lipinski definition) is 0. The van der Waals surface area contributed by atoms with E-state index in [1.165, 1.54) is 0 Å². The number of carbonyl (C=O) groups excluding carboxylic acids is 2. The van der Waals surface area contributed by atoms with Gasteiger partial charge in [-0.3, -0.25) is 14.5 Å². The molecule has 3 nitrogen and oxygen atoms in total. The number of Topliss-reactive ketones (excluding diaryl/α,β-unsaturated/α-hetero) is 1. The fraction of sp³-hybridized carbons (Fsp3) is 0.241. The highest BCUT2D eigenvalue weighted by Gasteiger charge is 2.44. The Hall–Kier alpha value is -2.88. The van der Waals surface area contributed by atoms with Crippen LogP contribution in [0.4, 0.5) is 5.69 Å². The fourth-order valence-electron chi connectivity index (χ4n) is 5.50. The van der Waals surface area contributed by atoms with E-state index in [1.54, 1.807) is 23.1 Å². The minimum atomic E-state index is -0.450.